The van der Waals surface area contributed by atoms with Crippen LogP contribution < -0.4 is 0 Å². The van der Waals surface area contributed by atoms with E-state index in [0.717, 1.165) is 5.56 Å². The summed E-state index contributed by atoms with van der Waals surface area (Å²) >= 11 is 0. The van der Waals surface area contributed by atoms with Gasteiger partial charge in [0.15, 0.2) is 0 Å². The van der Waals surface area contributed by atoms with Crippen LogP contribution in [-0.4, -0.2) is 9.55 Å². The van der Waals surface area contributed by atoms with E-state index in [1.165, 1.54) is 0 Å². The molecular weight excluding hydrogens is 186 g/mol. The van der Waals surface area contributed by atoms with Crippen LogP contribution in [0.3, 0.4) is 0 Å². The fraction of sp³-hybridized carbons (Fsp3) is 0.167. The van der Waals surface area contributed by atoms with Crippen molar-refractivity contribution in [2.75, 3.05) is 0 Å². The Morgan fingerprint density at radius 1 is 1.33 bits per heavy atom. The molecule has 0 N–H and O–H groups in total. The van der Waals surface area contributed by atoms with Gasteiger partial charge in [0.2, 0.25) is 0 Å². The molecule has 15 heavy (non-hydrogen) atoms. The fourth-order valence-corrected chi connectivity index (χ4v) is 1.61. The second kappa shape index (κ2) is 4.43. The van der Waals surface area contributed by atoms with Crippen LogP contribution in [0.15, 0.2) is 49.1 Å². The van der Waals surface area contributed by atoms with Gasteiger partial charge in [0.1, 0.15) is 0 Å². The fourth-order valence-electron chi connectivity index (χ4n) is 1.61. The van der Waals surface area contributed by atoms with Gasteiger partial charge in [-0.1, -0.05) is 30.3 Å². The van der Waals surface area contributed by atoms with Crippen LogP contribution in [0.25, 0.3) is 0 Å². The summed E-state index contributed by atoms with van der Waals surface area (Å²) in [4.78, 5) is 4.00. The first-order chi connectivity index (χ1) is 7.42. The average Bonchev–Trinajstić information content (AvgIpc) is 2.80. The zero-order chi connectivity index (χ0) is 10.5. The molecule has 0 saturated heterocycles. The zero-order valence-electron chi connectivity index (χ0n) is 8.24. The first kappa shape index (κ1) is 9.47. The zero-order valence-corrected chi connectivity index (χ0v) is 8.24. The van der Waals surface area contributed by atoms with Crippen LogP contribution in [-0.2, 0) is 0 Å². The van der Waals surface area contributed by atoms with Crippen molar-refractivity contribution in [1.82, 2.24) is 9.55 Å². The van der Waals surface area contributed by atoms with Crippen molar-refractivity contribution in [3.8, 4) is 6.07 Å². The highest BCUT2D eigenvalue weighted by atomic mass is 15.0. The van der Waals surface area contributed by atoms with Crippen molar-refractivity contribution in [3.63, 3.8) is 0 Å². The lowest BCUT2D eigenvalue weighted by molar-refractivity contribution is 0.596. The number of imidazole rings is 1. The van der Waals surface area contributed by atoms with E-state index in [1.54, 1.807) is 12.5 Å². The van der Waals surface area contributed by atoms with E-state index in [1.807, 2.05) is 41.1 Å². The molecule has 3 nitrogen and oxygen atoms in total. The monoisotopic (exact) mass is 197 g/mol. The molecule has 1 atom stereocenters. The normalized spacial score (nSPS) is 11.9. The van der Waals surface area contributed by atoms with E-state index in [9.17, 15) is 0 Å². The van der Waals surface area contributed by atoms with Crippen molar-refractivity contribution < 1.29 is 0 Å². The van der Waals surface area contributed by atoms with Gasteiger partial charge in [-0.25, -0.2) is 4.98 Å². The van der Waals surface area contributed by atoms with Crippen LogP contribution in [0, 0.1) is 11.3 Å². The minimum Gasteiger partial charge on any atom is -0.329 e. The lowest BCUT2D eigenvalue weighted by Gasteiger charge is -2.15. The SMILES string of the molecule is N#CCC(c1ccccc1)n1ccnc1. The highest BCUT2D eigenvalue weighted by molar-refractivity contribution is 5.21. The maximum absolute atomic E-state index is 8.81. The molecule has 1 aromatic carbocycles. The molecule has 1 aromatic heterocycles. The van der Waals surface area contributed by atoms with Gasteiger partial charge in [-0.05, 0) is 5.56 Å². The van der Waals surface area contributed by atoms with Gasteiger partial charge in [-0.2, -0.15) is 5.26 Å². The predicted molar refractivity (Wildman–Crippen MR) is 57.0 cm³/mol. The van der Waals surface area contributed by atoms with E-state index < -0.39 is 0 Å². The van der Waals surface area contributed by atoms with Crippen LogP contribution >= 0.6 is 0 Å². The van der Waals surface area contributed by atoms with Crippen molar-refractivity contribution in [3.05, 3.63) is 54.6 Å². The molecule has 0 radical (unpaired) electrons. The maximum Gasteiger partial charge on any atom is 0.0952 e. The highest BCUT2D eigenvalue weighted by Crippen LogP contribution is 2.20. The maximum atomic E-state index is 8.81. The van der Waals surface area contributed by atoms with Crippen molar-refractivity contribution >= 4 is 0 Å². The average molecular weight is 197 g/mol. The Bertz CT molecular complexity index is 439. The molecule has 0 saturated carbocycles. The van der Waals surface area contributed by atoms with Crippen LogP contribution in [0.4, 0.5) is 0 Å². The molecule has 74 valence electrons. The lowest BCUT2D eigenvalue weighted by atomic mass is 10.0. The summed E-state index contributed by atoms with van der Waals surface area (Å²) in [6.07, 6.45) is 5.82. The van der Waals surface area contributed by atoms with Crippen LogP contribution in [0.5, 0.6) is 0 Å². The highest BCUT2D eigenvalue weighted by Gasteiger charge is 2.11. The lowest BCUT2D eigenvalue weighted by Crippen LogP contribution is -2.07. The largest absolute Gasteiger partial charge is 0.329 e. The quantitative estimate of drug-likeness (QED) is 0.758. The summed E-state index contributed by atoms with van der Waals surface area (Å²) in [7, 11) is 0. The van der Waals surface area contributed by atoms with Gasteiger partial charge in [-0.3, -0.25) is 0 Å². The topological polar surface area (TPSA) is 41.6 Å². The third-order valence-electron chi connectivity index (χ3n) is 2.35. The summed E-state index contributed by atoms with van der Waals surface area (Å²) in [5.41, 5.74) is 1.14. The summed E-state index contributed by atoms with van der Waals surface area (Å²) in [6, 6.07) is 12.3. The van der Waals surface area contributed by atoms with E-state index >= 15 is 0 Å². The molecule has 1 heterocycles. The molecule has 0 aliphatic heterocycles. The third-order valence-corrected chi connectivity index (χ3v) is 2.35. The van der Waals surface area contributed by atoms with Gasteiger partial charge < -0.3 is 4.57 Å². The third kappa shape index (κ3) is 2.05. The van der Waals surface area contributed by atoms with Gasteiger partial charge in [0.25, 0.3) is 0 Å². The predicted octanol–water partition coefficient (Wildman–Crippen LogP) is 2.39. The van der Waals surface area contributed by atoms with Gasteiger partial charge >= 0.3 is 0 Å². The van der Waals surface area contributed by atoms with Crippen molar-refractivity contribution in [1.29, 1.82) is 5.26 Å². The molecule has 0 aliphatic rings. The molecule has 0 fully saturated rings. The first-order valence-corrected chi connectivity index (χ1v) is 4.81. The van der Waals surface area contributed by atoms with Gasteiger partial charge in [0, 0.05) is 12.4 Å². The van der Waals surface area contributed by atoms with Gasteiger partial charge in [0.05, 0.1) is 24.9 Å². The molecule has 2 rings (SSSR count). The van der Waals surface area contributed by atoms with Crippen molar-refractivity contribution in [2.24, 2.45) is 0 Å². The Kier molecular flexibility index (Phi) is 2.80. The molecule has 0 amide bonds. The number of rotatable bonds is 3. The molecule has 0 aliphatic carbocycles. The Balaban J connectivity index is 2.33. The van der Waals surface area contributed by atoms with Crippen LogP contribution in [0.2, 0.25) is 0 Å². The summed E-state index contributed by atoms with van der Waals surface area (Å²) in [6.45, 7) is 0. The molecule has 0 bridgehead atoms. The summed E-state index contributed by atoms with van der Waals surface area (Å²) < 4.78 is 1.96. The minimum atomic E-state index is 0.0682. The Morgan fingerprint density at radius 3 is 2.73 bits per heavy atom. The molecular formula is C12H11N3. The number of nitriles is 1. The number of benzene rings is 1. The Hall–Kier alpha value is -2.08. The standard InChI is InChI=1S/C12H11N3/c13-7-6-12(15-9-8-14-10-15)11-4-2-1-3-5-11/h1-5,8-10,12H,6H2. The van der Waals surface area contributed by atoms with E-state index in [0.29, 0.717) is 6.42 Å². The first-order valence-electron chi connectivity index (χ1n) is 4.81. The number of nitrogens with zero attached hydrogens (tertiary/aromatic N) is 3. The number of hydrogen-bond donors (Lipinski definition) is 0. The van der Waals surface area contributed by atoms with Gasteiger partial charge in [-0.15, -0.1) is 0 Å². The number of aromatic nitrogens is 2. The smallest absolute Gasteiger partial charge is 0.0952 e. The molecule has 1 unspecified atom stereocenters. The minimum absolute atomic E-state index is 0.0682. The van der Waals surface area contributed by atoms with Crippen LogP contribution in [0.1, 0.15) is 18.0 Å². The molecule has 3 heteroatoms. The molecule has 2 aromatic rings. The summed E-state index contributed by atoms with van der Waals surface area (Å²) in [5.74, 6) is 0. The Morgan fingerprint density at radius 2 is 2.13 bits per heavy atom. The summed E-state index contributed by atoms with van der Waals surface area (Å²) in [5, 5.41) is 8.81. The second-order valence-electron chi connectivity index (χ2n) is 3.30. The number of hydrogen-bond acceptors (Lipinski definition) is 2. The van der Waals surface area contributed by atoms with E-state index in [2.05, 4.69) is 11.1 Å². The Labute approximate surface area is 88.6 Å². The van der Waals surface area contributed by atoms with E-state index in [4.69, 9.17) is 5.26 Å². The second-order valence-corrected chi connectivity index (χ2v) is 3.30. The van der Waals surface area contributed by atoms with Crippen molar-refractivity contribution in [2.45, 2.75) is 12.5 Å². The molecule has 0 spiro atoms. The van der Waals surface area contributed by atoms with E-state index in [-0.39, 0.29) is 6.04 Å².